The molecule has 1 atom stereocenters. The number of carbonyl (C=O) groups excluding carboxylic acids is 3. The minimum absolute atomic E-state index is 0.00452. The number of anilines is 1. The van der Waals surface area contributed by atoms with E-state index in [1.54, 1.807) is 24.5 Å². The van der Waals surface area contributed by atoms with E-state index in [-0.39, 0.29) is 23.6 Å². The molecule has 2 aliphatic rings. The van der Waals surface area contributed by atoms with E-state index in [4.69, 9.17) is 4.98 Å². The van der Waals surface area contributed by atoms with Gasteiger partial charge in [-0.25, -0.2) is 4.98 Å². The molecule has 1 aromatic carbocycles. The summed E-state index contributed by atoms with van der Waals surface area (Å²) in [5.41, 5.74) is 3.11. The summed E-state index contributed by atoms with van der Waals surface area (Å²) in [4.78, 5) is 47.1. The molecule has 1 aliphatic heterocycles. The van der Waals surface area contributed by atoms with Gasteiger partial charge in [-0.05, 0) is 56.4 Å². The van der Waals surface area contributed by atoms with Crippen molar-refractivity contribution in [3.05, 3.63) is 42.2 Å². The third kappa shape index (κ3) is 4.25. The van der Waals surface area contributed by atoms with Crippen LogP contribution in [-0.4, -0.2) is 44.8 Å². The molecule has 2 aromatic heterocycles. The molecule has 1 saturated heterocycles. The molecule has 3 heterocycles. The van der Waals surface area contributed by atoms with Crippen molar-refractivity contribution in [1.29, 1.82) is 0 Å². The summed E-state index contributed by atoms with van der Waals surface area (Å²) < 4.78 is 1.92. The quantitative estimate of drug-likeness (QED) is 0.541. The number of nitrogens with one attached hydrogen (secondary N) is 3. The summed E-state index contributed by atoms with van der Waals surface area (Å²) in [5, 5.41) is 8.74. The van der Waals surface area contributed by atoms with Crippen LogP contribution in [0.5, 0.6) is 0 Å². The predicted octanol–water partition coefficient (Wildman–Crippen LogP) is 2.77. The number of aryl methyl sites for hydroxylation is 1. The largest absolute Gasteiger partial charge is 0.354 e. The van der Waals surface area contributed by atoms with Crippen molar-refractivity contribution in [2.24, 2.45) is 13.0 Å². The number of hydrogen-bond donors (Lipinski definition) is 3. The third-order valence-corrected chi connectivity index (χ3v) is 6.74. The van der Waals surface area contributed by atoms with Crippen LogP contribution in [0.4, 0.5) is 5.69 Å². The lowest BCUT2D eigenvalue weighted by Gasteiger charge is -2.24. The van der Waals surface area contributed by atoms with Crippen molar-refractivity contribution in [3.63, 3.8) is 0 Å². The molecule has 1 aliphatic carbocycles. The van der Waals surface area contributed by atoms with Crippen LogP contribution in [0.2, 0.25) is 0 Å². The highest BCUT2D eigenvalue weighted by molar-refractivity contribution is 6.07. The van der Waals surface area contributed by atoms with Crippen molar-refractivity contribution in [2.45, 2.75) is 44.6 Å². The number of aromatic nitrogens is 3. The standard InChI is InChI=1S/C25H28N6O3/c1-31-21-19(28-22(31)15-8-11-26-12-9-15)13-17(14-20(21)30-23(32)16-5-4-6-16)24(33)29-18-7-2-3-10-27-25(18)34/h8-9,11-14,16,18H,2-7,10H2,1H3,(H,27,34)(H,29,33)(H,30,32)/t18-/m0/s1. The summed E-state index contributed by atoms with van der Waals surface area (Å²) in [7, 11) is 1.89. The van der Waals surface area contributed by atoms with Crippen LogP contribution < -0.4 is 16.0 Å². The molecule has 1 saturated carbocycles. The van der Waals surface area contributed by atoms with E-state index in [9.17, 15) is 14.4 Å². The lowest BCUT2D eigenvalue weighted by Crippen LogP contribution is -2.45. The van der Waals surface area contributed by atoms with Crippen molar-refractivity contribution in [2.75, 3.05) is 11.9 Å². The molecule has 176 valence electrons. The van der Waals surface area contributed by atoms with Gasteiger partial charge in [-0.3, -0.25) is 19.4 Å². The lowest BCUT2D eigenvalue weighted by atomic mass is 9.85. The minimum Gasteiger partial charge on any atom is -0.354 e. The maximum absolute atomic E-state index is 13.2. The molecule has 2 fully saturated rings. The second-order valence-electron chi connectivity index (χ2n) is 9.05. The monoisotopic (exact) mass is 460 g/mol. The average molecular weight is 461 g/mol. The van der Waals surface area contributed by atoms with Crippen molar-refractivity contribution in [3.8, 4) is 11.4 Å². The zero-order valence-electron chi connectivity index (χ0n) is 19.1. The second kappa shape index (κ2) is 9.24. The molecule has 0 spiro atoms. The Morgan fingerprint density at radius 2 is 1.88 bits per heavy atom. The highest BCUT2D eigenvalue weighted by Gasteiger charge is 2.28. The summed E-state index contributed by atoms with van der Waals surface area (Å²) in [6, 6.07) is 6.55. The number of rotatable bonds is 5. The summed E-state index contributed by atoms with van der Waals surface area (Å²) in [6.45, 7) is 0.625. The summed E-state index contributed by atoms with van der Waals surface area (Å²) in [5.74, 6) is 0.134. The molecule has 0 bridgehead atoms. The third-order valence-electron chi connectivity index (χ3n) is 6.74. The van der Waals surface area contributed by atoms with Gasteiger partial charge in [0.25, 0.3) is 5.91 Å². The number of fused-ring (bicyclic) bond motifs is 1. The minimum atomic E-state index is -0.574. The Bertz CT molecular complexity index is 1250. The van der Waals surface area contributed by atoms with Crippen LogP contribution in [0, 0.1) is 5.92 Å². The van der Waals surface area contributed by atoms with Crippen molar-refractivity contribution >= 4 is 34.4 Å². The fraction of sp³-hybridized carbons (Fsp3) is 0.400. The Hall–Kier alpha value is -3.75. The van der Waals surface area contributed by atoms with Crippen LogP contribution in [0.15, 0.2) is 36.7 Å². The van der Waals surface area contributed by atoms with E-state index >= 15 is 0 Å². The predicted molar refractivity (Wildman–Crippen MR) is 128 cm³/mol. The van der Waals surface area contributed by atoms with Crippen LogP contribution in [0.3, 0.4) is 0 Å². The molecule has 9 heteroatoms. The normalized spacial score (nSPS) is 18.6. The highest BCUT2D eigenvalue weighted by Crippen LogP contribution is 2.33. The molecular formula is C25H28N6O3. The Balaban J connectivity index is 1.53. The average Bonchev–Trinajstić information content (AvgIpc) is 3.00. The van der Waals surface area contributed by atoms with Gasteiger partial charge in [0.2, 0.25) is 11.8 Å². The molecule has 3 amide bonds. The van der Waals surface area contributed by atoms with Gasteiger partial charge in [0.15, 0.2) is 0 Å². The Kier molecular flexibility index (Phi) is 6.00. The van der Waals surface area contributed by atoms with Gasteiger partial charge in [0.05, 0.1) is 16.7 Å². The maximum atomic E-state index is 13.2. The molecular weight excluding hydrogens is 432 g/mol. The maximum Gasteiger partial charge on any atom is 0.252 e. The first-order chi connectivity index (χ1) is 16.5. The SMILES string of the molecule is Cn1c(-c2ccncc2)nc2cc(C(=O)N[C@H]3CCCCNC3=O)cc(NC(=O)C3CCC3)c21. The van der Waals surface area contributed by atoms with Crippen LogP contribution in [0.25, 0.3) is 22.4 Å². The first-order valence-corrected chi connectivity index (χ1v) is 11.8. The van der Waals surface area contributed by atoms with Crippen LogP contribution in [0.1, 0.15) is 48.9 Å². The van der Waals surface area contributed by atoms with Gasteiger partial charge in [0.1, 0.15) is 11.9 Å². The Morgan fingerprint density at radius 3 is 2.62 bits per heavy atom. The Morgan fingerprint density at radius 1 is 1.09 bits per heavy atom. The van der Waals surface area contributed by atoms with Gasteiger partial charge in [-0.1, -0.05) is 6.42 Å². The van der Waals surface area contributed by atoms with E-state index in [0.29, 0.717) is 35.6 Å². The number of amides is 3. The highest BCUT2D eigenvalue weighted by atomic mass is 16.2. The smallest absolute Gasteiger partial charge is 0.252 e. The first-order valence-electron chi connectivity index (χ1n) is 11.8. The molecule has 5 rings (SSSR count). The van der Waals surface area contributed by atoms with Gasteiger partial charge in [0, 0.05) is 43.0 Å². The molecule has 34 heavy (non-hydrogen) atoms. The number of imidazole rings is 1. The fourth-order valence-electron chi connectivity index (χ4n) is 4.56. The number of pyridine rings is 1. The van der Waals surface area contributed by atoms with Crippen molar-refractivity contribution < 1.29 is 14.4 Å². The Labute approximate surface area is 197 Å². The second-order valence-corrected chi connectivity index (χ2v) is 9.05. The summed E-state index contributed by atoms with van der Waals surface area (Å²) in [6.07, 6.45) is 8.56. The number of hydrogen-bond acceptors (Lipinski definition) is 5. The van der Waals surface area contributed by atoms with Gasteiger partial charge in [-0.2, -0.15) is 0 Å². The molecule has 0 unspecified atom stereocenters. The number of benzene rings is 1. The molecule has 9 nitrogen and oxygen atoms in total. The van der Waals surface area contributed by atoms with E-state index in [2.05, 4.69) is 20.9 Å². The summed E-state index contributed by atoms with van der Waals surface area (Å²) >= 11 is 0. The molecule has 3 N–H and O–H groups in total. The van der Waals surface area contributed by atoms with Gasteiger partial charge >= 0.3 is 0 Å². The number of carbonyl (C=O) groups is 3. The lowest BCUT2D eigenvalue weighted by molar-refractivity contribution is -0.123. The zero-order valence-corrected chi connectivity index (χ0v) is 19.1. The van der Waals surface area contributed by atoms with Gasteiger partial charge in [-0.15, -0.1) is 0 Å². The van der Waals surface area contributed by atoms with Gasteiger partial charge < -0.3 is 20.5 Å². The van der Waals surface area contributed by atoms with E-state index in [0.717, 1.165) is 43.2 Å². The van der Waals surface area contributed by atoms with Crippen LogP contribution in [-0.2, 0) is 16.6 Å². The first kappa shape index (κ1) is 22.1. The van der Waals surface area contributed by atoms with E-state index < -0.39 is 6.04 Å². The fourth-order valence-corrected chi connectivity index (χ4v) is 4.56. The van der Waals surface area contributed by atoms with E-state index in [1.807, 2.05) is 23.7 Å². The molecule has 0 radical (unpaired) electrons. The topological polar surface area (TPSA) is 118 Å². The zero-order chi connectivity index (χ0) is 23.7. The molecule has 3 aromatic rings. The number of nitrogens with zero attached hydrogens (tertiary/aromatic N) is 3. The van der Waals surface area contributed by atoms with Crippen LogP contribution >= 0.6 is 0 Å². The van der Waals surface area contributed by atoms with Crippen molar-refractivity contribution in [1.82, 2.24) is 25.2 Å². The van der Waals surface area contributed by atoms with E-state index in [1.165, 1.54) is 0 Å².